The van der Waals surface area contributed by atoms with E-state index >= 15 is 0 Å². The van der Waals surface area contributed by atoms with E-state index < -0.39 is 5.97 Å². The summed E-state index contributed by atoms with van der Waals surface area (Å²) in [4.78, 5) is 30.0. The molecule has 0 aliphatic carbocycles. The Kier molecular flexibility index (Phi) is 5.91. The predicted molar refractivity (Wildman–Crippen MR) is 106 cm³/mol. The van der Waals surface area contributed by atoms with Gasteiger partial charge in [0.15, 0.2) is 0 Å². The Balaban J connectivity index is 1.94. The SMILES string of the molecule is CCOc1ccc(-c2csc3ncn(CC(=O)O[C@@H](C)CC)c(=O)c23)cc1. The van der Waals surface area contributed by atoms with Crippen LogP contribution in [0.25, 0.3) is 21.3 Å². The molecule has 3 aromatic rings. The number of carbonyl (C=O) groups excluding carboxylic acids is 1. The molecule has 27 heavy (non-hydrogen) atoms. The molecule has 7 heteroatoms. The van der Waals surface area contributed by atoms with Crippen LogP contribution in [0.1, 0.15) is 27.2 Å². The fraction of sp³-hybridized carbons (Fsp3) is 0.350. The number of benzene rings is 1. The summed E-state index contributed by atoms with van der Waals surface area (Å²) in [6.07, 6.45) is 1.95. The number of thiophene rings is 1. The summed E-state index contributed by atoms with van der Waals surface area (Å²) in [7, 11) is 0. The van der Waals surface area contributed by atoms with Crippen molar-refractivity contribution in [3.05, 3.63) is 46.3 Å². The van der Waals surface area contributed by atoms with Crippen LogP contribution in [0.3, 0.4) is 0 Å². The molecule has 2 aromatic heterocycles. The quantitative estimate of drug-likeness (QED) is 0.577. The van der Waals surface area contributed by atoms with E-state index in [1.54, 1.807) is 0 Å². The molecule has 0 unspecified atom stereocenters. The lowest BCUT2D eigenvalue weighted by Gasteiger charge is -2.11. The van der Waals surface area contributed by atoms with Crippen molar-refractivity contribution < 1.29 is 14.3 Å². The standard InChI is InChI=1S/C20H22N2O4S/c1-4-13(3)26-17(23)10-22-12-21-19-18(20(22)24)16(11-27-19)14-6-8-15(9-7-14)25-5-2/h6-9,11-13H,4-5,10H2,1-3H3/t13-/m0/s1. The fourth-order valence-electron chi connectivity index (χ4n) is 2.67. The number of esters is 1. The monoisotopic (exact) mass is 386 g/mol. The van der Waals surface area contributed by atoms with Gasteiger partial charge in [0.2, 0.25) is 0 Å². The summed E-state index contributed by atoms with van der Waals surface area (Å²) in [5.41, 5.74) is 1.47. The van der Waals surface area contributed by atoms with Crippen LogP contribution in [0.15, 0.2) is 40.8 Å². The first-order valence-electron chi connectivity index (χ1n) is 8.92. The highest BCUT2D eigenvalue weighted by atomic mass is 32.1. The summed E-state index contributed by atoms with van der Waals surface area (Å²) in [5.74, 6) is 0.342. The lowest BCUT2D eigenvalue weighted by molar-refractivity contribution is -0.149. The summed E-state index contributed by atoms with van der Waals surface area (Å²) in [5, 5.41) is 2.43. The molecule has 0 N–H and O–H groups in total. The lowest BCUT2D eigenvalue weighted by atomic mass is 10.1. The Morgan fingerprint density at radius 3 is 2.67 bits per heavy atom. The van der Waals surface area contributed by atoms with E-state index in [1.807, 2.05) is 50.4 Å². The van der Waals surface area contributed by atoms with Crippen LogP contribution in [0.4, 0.5) is 0 Å². The molecular weight excluding hydrogens is 364 g/mol. The second-order valence-corrected chi connectivity index (χ2v) is 7.03. The van der Waals surface area contributed by atoms with Gasteiger partial charge in [0.25, 0.3) is 5.56 Å². The molecule has 1 aromatic carbocycles. The maximum absolute atomic E-state index is 12.9. The second kappa shape index (κ2) is 8.35. The van der Waals surface area contributed by atoms with Gasteiger partial charge in [-0.05, 0) is 38.0 Å². The van der Waals surface area contributed by atoms with Crippen LogP contribution >= 0.6 is 11.3 Å². The number of rotatable bonds is 7. The topological polar surface area (TPSA) is 70.4 Å². The first-order valence-corrected chi connectivity index (χ1v) is 9.80. The van der Waals surface area contributed by atoms with Gasteiger partial charge in [-0.2, -0.15) is 0 Å². The second-order valence-electron chi connectivity index (χ2n) is 6.17. The van der Waals surface area contributed by atoms with Crippen molar-refractivity contribution in [1.82, 2.24) is 9.55 Å². The molecule has 142 valence electrons. The van der Waals surface area contributed by atoms with Crippen LogP contribution < -0.4 is 10.3 Å². The van der Waals surface area contributed by atoms with Crippen molar-refractivity contribution >= 4 is 27.5 Å². The summed E-state index contributed by atoms with van der Waals surface area (Å²) in [6.45, 7) is 6.14. The zero-order valence-electron chi connectivity index (χ0n) is 15.6. The van der Waals surface area contributed by atoms with Crippen molar-refractivity contribution in [2.45, 2.75) is 39.8 Å². The molecule has 0 amide bonds. The maximum atomic E-state index is 12.9. The molecule has 0 aliphatic rings. The van der Waals surface area contributed by atoms with Gasteiger partial charge in [-0.1, -0.05) is 19.1 Å². The number of hydrogen-bond acceptors (Lipinski definition) is 6. The third-order valence-electron chi connectivity index (χ3n) is 4.24. The predicted octanol–water partition coefficient (Wildman–Crippen LogP) is 3.87. The minimum Gasteiger partial charge on any atom is -0.494 e. The van der Waals surface area contributed by atoms with Crippen LogP contribution in [-0.2, 0) is 16.1 Å². The van der Waals surface area contributed by atoms with Gasteiger partial charge >= 0.3 is 5.97 Å². The molecule has 0 aliphatic heterocycles. The zero-order valence-corrected chi connectivity index (χ0v) is 16.4. The molecule has 0 fully saturated rings. The van der Waals surface area contributed by atoms with Crippen molar-refractivity contribution in [2.75, 3.05) is 6.61 Å². The lowest BCUT2D eigenvalue weighted by Crippen LogP contribution is -2.27. The van der Waals surface area contributed by atoms with Gasteiger partial charge in [-0.3, -0.25) is 14.2 Å². The first kappa shape index (κ1) is 19.1. The minimum atomic E-state index is -0.439. The summed E-state index contributed by atoms with van der Waals surface area (Å²) in [6, 6.07) is 7.59. The number of carbonyl (C=O) groups is 1. The Hall–Kier alpha value is -2.67. The zero-order chi connectivity index (χ0) is 19.4. The van der Waals surface area contributed by atoms with Crippen molar-refractivity contribution in [3.63, 3.8) is 0 Å². The maximum Gasteiger partial charge on any atom is 0.326 e. The van der Waals surface area contributed by atoms with Gasteiger partial charge in [0, 0.05) is 10.9 Å². The van der Waals surface area contributed by atoms with Crippen LogP contribution in [-0.4, -0.2) is 28.2 Å². The third kappa shape index (κ3) is 4.19. The summed E-state index contributed by atoms with van der Waals surface area (Å²) < 4.78 is 12.0. The Labute approximate surface area is 161 Å². The number of nitrogens with zero attached hydrogens (tertiary/aromatic N) is 2. The van der Waals surface area contributed by atoms with E-state index in [1.165, 1.54) is 22.2 Å². The van der Waals surface area contributed by atoms with E-state index in [0.29, 0.717) is 16.8 Å². The highest BCUT2D eigenvalue weighted by Gasteiger charge is 2.16. The summed E-state index contributed by atoms with van der Waals surface area (Å²) >= 11 is 1.41. The van der Waals surface area contributed by atoms with Gasteiger partial charge < -0.3 is 9.47 Å². The van der Waals surface area contributed by atoms with E-state index in [-0.39, 0.29) is 18.2 Å². The molecule has 0 bridgehead atoms. The van der Waals surface area contributed by atoms with E-state index in [0.717, 1.165) is 23.3 Å². The normalized spacial score (nSPS) is 12.1. The molecule has 0 radical (unpaired) electrons. The molecule has 0 saturated carbocycles. The van der Waals surface area contributed by atoms with E-state index in [2.05, 4.69) is 4.98 Å². The smallest absolute Gasteiger partial charge is 0.326 e. The van der Waals surface area contributed by atoms with Crippen molar-refractivity contribution in [2.24, 2.45) is 0 Å². The van der Waals surface area contributed by atoms with Crippen LogP contribution in [0.2, 0.25) is 0 Å². The van der Waals surface area contributed by atoms with Gasteiger partial charge in [-0.15, -0.1) is 11.3 Å². The number of aromatic nitrogens is 2. The van der Waals surface area contributed by atoms with E-state index in [4.69, 9.17) is 9.47 Å². The number of hydrogen-bond donors (Lipinski definition) is 0. The molecule has 0 spiro atoms. The molecule has 3 rings (SSSR count). The Bertz CT molecular complexity index is 991. The largest absolute Gasteiger partial charge is 0.494 e. The van der Waals surface area contributed by atoms with Gasteiger partial charge in [-0.25, -0.2) is 4.98 Å². The Morgan fingerprint density at radius 1 is 1.26 bits per heavy atom. The molecular formula is C20H22N2O4S. The number of ether oxygens (including phenoxy) is 2. The molecule has 0 saturated heterocycles. The first-order chi connectivity index (χ1) is 13.0. The van der Waals surface area contributed by atoms with Crippen LogP contribution in [0, 0.1) is 0 Å². The highest BCUT2D eigenvalue weighted by molar-refractivity contribution is 7.17. The molecule has 1 atom stereocenters. The average molecular weight is 386 g/mol. The number of fused-ring (bicyclic) bond motifs is 1. The average Bonchev–Trinajstić information content (AvgIpc) is 3.09. The van der Waals surface area contributed by atoms with E-state index in [9.17, 15) is 9.59 Å². The molecule has 2 heterocycles. The van der Waals surface area contributed by atoms with Gasteiger partial charge in [0.05, 0.1) is 24.4 Å². The van der Waals surface area contributed by atoms with Gasteiger partial charge in [0.1, 0.15) is 17.1 Å². The molecule has 6 nitrogen and oxygen atoms in total. The van der Waals surface area contributed by atoms with Crippen molar-refractivity contribution in [3.8, 4) is 16.9 Å². The minimum absolute atomic E-state index is 0.148. The van der Waals surface area contributed by atoms with Crippen LogP contribution in [0.5, 0.6) is 5.75 Å². The third-order valence-corrected chi connectivity index (χ3v) is 5.13. The Morgan fingerprint density at radius 2 is 2.00 bits per heavy atom. The van der Waals surface area contributed by atoms with Crippen molar-refractivity contribution in [1.29, 1.82) is 0 Å². The fourth-order valence-corrected chi connectivity index (χ4v) is 3.58. The highest BCUT2D eigenvalue weighted by Crippen LogP contribution is 2.31.